The third-order valence-corrected chi connectivity index (χ3v) is 1.76. The van der Waals surface area contributed by atoms with Crippen molar-refractivity contribution < 1.29 is 14.3 Å². The highest BCUT2D eigenvalue weighted by atomic mass is 16.6. The lowest BCUT2D eigenvalue weighted by Crippen LogP contribution is -2.41. The van der Waals surface area contributed by atoms with Gasteiger partial charge in [-0.25, -0.2) is 4.79 Å². The fraction of sp³-hybridized carbons (Fsp3) is 0.714. The minimum absolute atomic E-state index is 0.179. The van der Waals surface area contributed by atoms with Crippen LogP contribution in [0.4, 0.5) is 0 Å². The van der Waals surface area contributed by atoms with Crippen molar-refractivity contribution in [1.29, 1.82) is 0 Å². The van der Waals surface area contributed by atoms with E-state index in [1.807, 2.05) is 0 Å². The topological polar surface area (TPSA) is 55.4 Å². The van der Waals surface area contributed by atoms with E-state index in [0.29, 0.717) is 0 Å². The Bertz CT molecular complexity index is 152. The van der Waals surface area contributed by atoms with Gasteiger partial charge in [0, 0.05) is 0 Å². The first-order valence-corrected chi connectivity index (χ1v) is 3.72. The molecule has 0 aliphatic carbocycles. The second-order valence-electron chi connectivity index (χ2n) is 2.54. The molecule has 4 nitrogen and oxygen atoms in total. The highest BCUT2D eigenvalue weighted by molar-refractivity contribution is 5.81. The Labute approximate surface area is 64.9 Å². The lowest BCUT2D eigenvalue weighted by atomic mass is 10.1. The van der Waals surface area contributed by atoms with E-state index in [2.05, 4.69) is 10.1 Å². The van der Waals surface area contributed by atoms with Crippen LogP contribution in [-0.2, 0) is 14.3 Å². The summed E-state index contributed by atoms with van der Waals surface area (Å²) in [5, 5.41) is 2.97. The summed E-state index contributed by atoms with van der Waals surface area (Å²) in [4.78, 5) is 20.7. The summed E-state index contributed by atoms with van der Waals surface area (Å²) < 4.78 is 4.20. The second kappa shape index (κ2) is 4.08. The van der Waals surface area contributed by atoms with Gasteiger partial charge in [-0.2, -0.15) is 0 Å². The summed E-state index contributed by atoms with van der Waals surface area (Å²) in [6.07, 6.45) is 2.88. The van der Waals surface area contributed by atoms with E-state index < -0.39 is 5.97 Å². The second-order valence-corrected chi connectivity index (χ2v) is 2.54. The normalized spacial score (nSPS) is 24.2. The Kier molecular flexibility index (Phi) is 3.04. The Morgan fingerprint density at radius 1 is 1.55 bits per heavy atom. The number of piperidine rings is 1. The molecule has 1 aliphatic heterocycles. The monoisotopic (exact) mass is 157 g/mol. The standard InChI is InChI=1S/C7H11NO3/c9-5-11-7(10)6-3-1-2-4-8-6/h5-6,8H,1-4H2. The van der Waals surface area contributed by atoms with Crippen LogP contribution in [-0.4, -0.2) is 25.0 Å². The van der Waals surface area contributed by atoms with E-state index >= 15 is 0 Å². The Morgan fingerprint density at radius 3 is 2.91 bits per heavy atom. The summed E-state index contributed by atoms with van der Waals surface area (Å²) in [6, 6.07) is -0.269. The summed E-state index contributed by atoms with van der Waals surface area (Å²) in [5.41, 5.74) is 0. The summed E-state index contributed by atoms with van der Waals surface area (Å²) in [5.74, 6) is -0.459. The summed E-state index contributed by atoms with van der Waals surface area (Å²) in [7, 11) is 0. The van der Waals surface area contributed by atoms with E-state index in [1.54, 1.807) is 0 Å². The van der Waals surface area contributed by atoms with Crippen molar-refractivity contribution in [3.8, 4) is 0 Å². The van der Waals surface area contributed by atoms with Crippen LogP contribution in [0.5, 0.6) is 0 Å². The van der Waals surface area contributed by atoms with Gasteiger partial charge in [-0.3, -0.25) is 4.79 Å². The van der Waals surface area contributed by atoms with Crippen molar-refractivity contribution in [2.75, 3.05) is 6.54 Å². The molecule has 1 heterocycles. The molecule has 0 aromatic rings. The molecular formula is C7H11NO3. The first-order valence-electron chi connectivity index (χ1n) is 3.72. The number of carbonyl (C=O) groups excluding carboxylic acids is 2. The van der Waals surface area contributed by atoms with Gasteiger partial charge >= 0.3 is 12.4 Å². The molecule has 11 heavy (non-hydrogen) atoms. The van der Waals surface area contributed by atoms with E-state index in [4.69, 9.17) is 0 Å². The zero-order valence-corrected chi connectivity index (χ0v) is 6.21. The molecular weight excluding hydrogens is 146 g/mol. The maximum absolute atomic E-state index is 10.9. The molecule has 0 radical (unpaired) electrons. The van der Waals surface area contributed by atoms with E-state index in [1.165, 1.54) is 0 Å². The van der Waals surface area contributed by atoms with Crippen molar-refractivity contribution in [1.82, 2.24) is 5.32 Å². The van der Waals surface area contributed by atoms with Crippen LogP contribution >= 0.6 is 0 Å². The maximum Gasteiger partial charge on any atom is 0.330 e. The number of hydrogen-bond acceptors (Lipinski definition) is 4. The lowest BCUT2D eigenvalue weighted by Gasteiger charge is -2.19. The molecule has 0 aromatic heterocycles. The Balaban J connectivity index is 2.32. The van der Waals surface area contributed by atoms with Gasteiger partial charge in [0.25, 0.3) is 0 Å². The van der Waals surface area contributed by atoms with Crippen LogP contribution in [0.2, 0.25) is 0 Å². The molecule has 0 spiro atoms. The fourth-order valence-electron chi connectivity index (χ4n) is 1.18. The van der Waals surface area contributed by atoms with Gasteiger partial charge in [-0.05, 0) is 19.4 Å². The molecule has 4 heteroatoms. The lowest BCUT2D eigenvalue weighted by molar-refractivity contribution is -0.153. The van der Waals surface area contributed by atoms with Gasteiger partial charge in [0.1, 0.15) is 6.04 Å². The molecule has 0 aromatic carbocycles. The van der Waals surface area contributed by atoms with Crippen LogP contribution < -0.4 is 5.32 Å². The van der Waals surface area contributed by atoms with E-state index in [9.17, 15) is 9.59 Å². The van der Waals surface area contributed by atoms with Crippen LogP contribution in [0.25, 0.3) is 0 Å². The minimum Gasteiger partial charge on any atom is -0.394 e. The van der Waals surface area contributed by atoms with Crippen LogP contribution in [0.1, 0.15) is 19.3 Å². The number of nitrogens with one attached hydrogen (secondary N) is 1. The number of esters is 1. The number of carbonyl (C=O) groups is 2. The van der Waals surface area contributed by atoms with Crippen molar-refractivity contribution >= 4 is 12.4 Å². The van der Waals surface area contributed by atoms with Crippen molar-refractivity contribution in [3.05, 3.63) is 0 Å². The van der Waals surface area contributed by atoms with Gasteiger partial charge in [-0.1, -0.05) is 6.42 Å². The van der Waals surface area contributed by atoms with Crippen molar-refractivity contribution in [2.24, 2.45) is 0 Å². The number of ether oxygens (including phenoxy) is 1. The summed E-state index contributed by atoms with van der Waals surface area (Å²) >= 11 is 0. The molecule has 1 unspecified atom stereocenters. The largest absolute Gasteiger partial charge is 0.394 e. The van der Waals surface area contributed by atoms with Gasteiger partial charge in [0.05, 0.1) is 0 Å². The predicted octanol–water partition coefficient (Wildman–Crippen LogP) is -0.172. The predicted molar refractivity (Wildman–Crippen MR) is 37.8 cm³/mol. The molecule has 1 rings (SSSR count). The van der Waals surface area contributed by atoms with Crippen LogP contribution in [0, 0.1) is 0 Å². The quantitative estimate of drug-likeness (QED) is 0.343. The van der Waals surface area contributed by atoms with Gasteiger partial charge in [0.15, 0.2) is 0 Å². The van der Waals surface area contributed by atoms with Gasteiger partial charge in [-0.15, -0.1) is 0 Å². The third kappa shape index (κ3) is 2.31. The van der Waals surface area contributed by atoms with Crippen LogP contribution in [0.3, 0.4) is 0 Å². The van der Waals surface area contributed by atoms with Gasteiger partial charge < -0.3 is 10.1 Å². The zero-order valence-electron chi connectivity index (χ0n) is 6.21. The van der Waals surface area contributed by atoms with E-state index in [-0.39, 0.29) is 12.5 Å². The zero-order chi connectivity index (χ0) is 8.10. The summed E-state index contributed by atoms with van der Waals surface area (Å²) in [6.45, 7) is 1.01. The highest BCUT2D eigenvalue weighted by Crippen LogP contribution is 2.07. The Morgan fingerprint density at radius 2 is 2.36 bits per heavy atom. The molecule has 1 fully saturated rings. The third-order valence-electron chi connectivity index (χ3n) is 1.76. The molecule has 1 saturated heterocycles. The first kappa shape index (κ1) is 8.20. The fourth-order valence-corrected chi connectivity index (χ4v) is 1.18. The maximum atomic E-state index is 10.9. The first-order chi connectivity index (χ1) is 5.34. The molecule has 0 amide bonds. The number of rotatable bonds is 2. The molecule has 0 bridgehead atoms. The SMILES string of the molecule is O=COC(=O)C1CCCCN1. The van der Waals surface area contributed by atoms with Gasteiger partial charge in [0.2, 0.25) is 0 Å². The molecule has 62 valence electrons. The minimum atomic E-state index is -0.459. The van der Waals surface area contributed by atoms with E-state index in [0.717, 1.165) is 25.8 Å². The Hall–Kier alpha value is -0.900. The molecule has 0 saturated carbocycles. The highest BCUT2D eigenvalue weighted by Gasteiger charge is 2.21. The van der Waals surface area contributed by atoms with Crippen molar-refractivity contribution in [3.63, 3.8) is 0 Å². The number of hydrogen-bond donors (Lipinski definition) is 1. The molecule has 1 N–H and O–H groups in total. The average Bonchev–Trinajstić information content (AvgIpc) is 2.07. The molecule has 1 aliphatic rings. The smallest absolute Gasteiger partial charge is 0.330 e. The van der Waals surface area contributed by atoms with Crippen LogP contribution in [0.15, 0.2) is 0 Å². The molecule has 1 atom stereocenters. The average molecular weight is 157 g/mol. The van der Waals surface area contributed by atoms with Crippen molar-refractivity contribution in [2.45, 2.75) is 25.3 Å².